The Morgan fingerprint density at radius 1 is 1.61 bits per heavy atom. The third-order valence-corrected chi connectivity index (χ3v) is 4.16. The van der Waals surface area contributed by atoms with Gasteiger partial charge in [0.05, 0.1) is 6.04 Å². The van der Waals surface area contributed by atoms with Gasteiger partial charge in [0.2, 0.25) is 0 Å². The van der Waals surface area contributed by atoms with Gasteiger partial charge in [0.15, 0.2) is 0 Å². The summed E-state index contributed by atoms with van der Waals surface area (Å²) >= 11 is 3.47. The lowest BCUT2D eigenvalue weighted by Gasteiger charge is -2.46. The number of nitrogens with two attached hydrogens (primary N) is 1. The van der Waals surface area contributed by atoms with Crippen molar-refractivity contribution in [3.8, 4) is 0 Å². The van der Waals surface area contributed by atoms with E-state index in [2.05, 4.69) is 40.3 Å². The van der Waals surface area contributed by atoms with E-state index in [1.165, 1.54) is 0 Å². The molecule has 2 rings (SSSR count). The van der Waals surface area contributed by atoms with Crippen LogP contribution in [-0.2, 0) is 10.3 Å². The molecule has 0 aliphatic carbocycles. The second-order valence-corrected chi connectivity index (χ2v) is 5.92. The lowest BCUT2D eigenvalue weighted by atomic mass is 9.83. The van der Waals surface area contributed by atoms with Crippen molar-refractivity contribution in [3.63, 3.8) is 0 Å². The molecule has 4 nitrogen and oxygen atoms in total. The number of nitrogens with zero attached hydrogens (tertiary/aromatic N) is 1. The van der Waals surface area contributed by atoms with Gasteiger partial charge in [-0.05, 0) is 38.1 Å². The Morgan fingerprint density at radius 2 is 2.33 bits per heavy atom. The average Bonchev–Trinajstić information content (AvgIpc) is 2.34. The number of carbonyl (C=O) groups excluding carboxylic acids is 1. The van der Waals surface area contributed by atoms with E-state index in [0.29, 0.717) is 6.42 Å². The van der Waals surface area contributed by atoms with Crippen molar-refractivity contribution in [1.82, 2.24) is 10.2 Å². The monoisotopic (exact) mass is 311 g/mol. The fraction of sp³-hybridized carbons (Fsp3) is 0.462. The summed E-state index contributed by atoms with van der Waals surface area (Å²) in [5.74, 6) is 0. The van der Waals surface area contributed by atoms with Gasteiger partial charge in [-0.2, -0.15) is 0 Å². The third-order valence-electron chi connectivity index (χ3n) is 3.66. The molecule has 0 amide bonds. The lowest BCUT2D eigenvalue weighted by Crippen LogP contribution is -2.66. The smallest absolute Gasteiger partial charge is 0.137 e. The second-order valence-electron chi connectivity index (χ2n) is 5.00. The van der Waals surface area contributed by atoms with Gasteiger partial charge in [-0.3, -0.25) is 10.2 Å². The summed E-state index contributed by atoms with van der Waals surface area (Å²) in [5, 5.41) is 3.37. The van der Waals surface area contributed by atoms with Gasteiger partial charge >= 0.3 is 0 Å². The normalized spacial score (nSPS) is 33.3. The predicted octanol–water partition coefficient (Wildman–Crippen LogP) is 1.40. The molecule has 3 N–H and O–H groups in total. The summed E-state index contributed by atoms with van der Waals surface area (Å²) in [4.78, 5) is 13.0. The van der Waals surface area contributed by atoms with Crippen molar-refractivity contribution >= 4 is 22.2 Å². The van der Waals surface area contributed by atoms with E-state index in [1.54, 1.807) is 0 Å². The van der Waals surface area contributed by atoms with Crippen molar-refractivity contribution in [1.29, 1.82) is 0 Å². The van der Waals surface area contributed by atoms with Crippen LogP contribution >= 0.6 is 15.9 Å². The van der Waals surface area contributed by atoms with E-state index in [-0.39, 0.29) is 17.9 Å². The van der Waals surface area contributed by atoms with Crippen LogP contribution in [0.15, 0.2) is 28.7 Å². The van der Waals surface area contributed by atoms with Crippen LogP contribution in [0.2, 0.25) is 0 Å². The molecule has 0 bridgehead atoms. The van der Waals surface area contributed by atoms with Crippen LogP contribution < -0.4 is 11.1 Å². The van der Waals surface area contributed by atoms with Crippen molar-refractivity contribution in [2.45, 2.75) is 31.2 Å². The molecule has 18 heavy (non-hydrogen) atoms. The van der Waals surface area contributed by atoms with E-state index in [0.717, 1.165) is 16.3 Å². The Morgan fingerprint density at radius 3 is 2.94 bits per heavy atom. The first-order valence-electron chi connectivity index (χ1n) is 5.93. The molecule has 1 saturated heterocycles. The number of hydrogen-bond donors (Lipinski definition) is 2. The Kier molecular flexibility index (Phi) is 3.87. The summed E-state index contributed by atoms with van der Waals surface area (Å²) in [7, 11) is 1.86. The first-order valence-corrected chi connectivity index (χ1v) is 6.72. The SMILES string of the molecule is CN1C(C=O)CC(C)(c2cccc(Br)c2)NC1N. The zero-order valence-electron chi connectivity index (χ0n) is 10.6. The van der Waals surface area contributed by atoms with E-state index in [9.17, 15) is 4.79 Å². The molecule has 0 saturated carbocycles. The maximum absolute atomic E-state index is 11.2. The maximum Gasteiger partial charge on any atom is 0.137 e. The van der Waals surface area contributed by atoms with Crippen LogP contribution in [0.5, 0.6) is 0 Å². The maximum atomic E-state index is 11.2. The molecule has 3 unspecified atom stereocenters. The topological polar surface area (TPSA) is 58.4 Å². The minimum absolute atomic E-state index is 0.162. The van der Waals surface area contributed by atoms with Crippen molar-refractivity contribution < 1.29 is 4.79 Å². The lowest BCUT2D eigenvalue weighted by molar-refractivity contribution is -0.116. The second kappa shape index (κ2) is 5.09. The third kappa shape index (κ3) is 2.49. The van der Waals surface area contributed by atoms with Crippen LogP contribution in [0.1, 0.15) is 18.9 Å². The summed E-state index contributed by atoms with van der Waals surface area (Å²) in [5.41, 5.74) is 6.88. The largest absolute Gasteiger partial charge is 0.303 e. The highest BCUT2D eigenvalue weighted by atomic mass is 79.9. The molecule has 1 aliphatic rings. The number of nitrogens with one attached hydrogen (secondary N) is 1. The quantitative estimate of drug-likeness (QED) is 0.811. The van der Waals surface area contributed by atoms with Gasteiger partial charge in [-0.25, -0.2) is 0 Å². The molecule has 98 valence electrons. The van der Waals surface area contributed by atoms with Crippen LogP contribution in [-0.4, -0.2) is 30.6 Å². The number of aldehydes is 1. The standard InChI is InChI=1S/C13H18BrN3O/c1-13(9-4-3-5-10(14)6-9)7-11(8-18)17(2)12(15)16-13/h3-6,8,11-12,16H,7,15H2,1-2H3. The van der Waals surface area contributed by atoms with Crippen LogP contribution in [0.3, 0.4) is 0 Å². The molecule has 1 aromatic carbocycles. The molecule has 1 aliphatic heterocycles. The molecular weight excluding hydrogens is 294 g/mol. The molecule has 1 heterocycles. The van der Waals surface area contributed by atoms with Gasteiger partial charge in [-0.15, -0.1) is 0 Å². The Hall–Kier alpha value is -0.750. The number of carbonyl (C=O) groups is 1. The zero-order valence-corrected chi connectivity index (χ0v) is 12.1. The summed E-state index contributed by atoms with van der Waals surface area (Å²) < 4.78 is 1.03. The molecule has 0 radical (unpaired) electrons. The van der Waals surface area contributed by atoms with Gasteiger partial charge in [0, 0.05) is 10.0 Å². The number of benzene rings is 1. The van der Waals surface area contributed by atoms with E-state index in [4.69, 9.17) is 5.73 Å². The number of rotatable bonds is 2. The van der Waals surface area contributed by atoms with E-state index in [1.807, 2.05) is 24.1 Å². The number of halogens is 1. The van der Waals surface area contributed by atoms with Crippen molar-refractivity contribution in [2.75, 3.05) is 7.05 Å². The van der Waals surface area contributed by atoms with Gasteiger partial charge in [0.25, 0.3) is 0 Å². The van der Waals surface area contributed by atoms with Crippen molar-refractivity contribution in [3.05, 3.63) is 34.3 Å². The highest BCUT2D eigenvalue weighted by Gasteiger charge is 2.39. The minimum atomic E-state index is -0.321. The van der Waals surface area contributed by atoms with Gasteiger partial charge in [-0.1, -0.05) is 28.1 Å². The summed E-state index contributed by atoms with van der Waals surface area (Å²) in [6.45, 7) is 2.08. The fourth-order valence-electron chi connectivity index (χ4n) is 2.43. The van der Waals surface area contributed by atoms with Crippen LogP contribution in [0.4, 0.5) is 0 Å². The molecule has 0 aromatic heterocycles. The molecule has 3 atom stereocenters. The molecule has 1 aromatic rings. The van der Waals surface area contributed by atoms with Crippen LogP contribution in [0, 0.1) is 0 Å². The summed E-state index contributed by atoms with van der Waals surface area (Å²) in [6.07, 6.45) is 1.35. The van der Waals surface area contributed by atoms with Crippen molar-refractivity contribution in [2.24, 2.45) is 5.73 Å². The molecule has 0 spiro atoms. The molecular formula is C13H18BrN3O. The Labute approximate surface area is 116 Å². The predicted molar refractivity (Wildman–Crippen MR) is 74.8 cm³/mol. The first kappa shape index (κ1) is 13.7. The molecule has 1 fully saturated rings. The number of hydrogen-bond acceptors (Lipinski definition) is 4. The molecule has 5 heteroatoms. The van der Waals surface area contributed by atoms with Gasteiger partial charge in [0.1, 0.15) is 12.6 Å². The highest BCUT2D eigenvalue weighted by Crippen LogP contribution is 2.32. The average molecular weight is 312 g/mol. The van der Waals surface area contributed by atoms with Crippen LogP contribution in [0.25, 0.3) is 0 Å². The zero-order chi connectivity index (χ0) is 13.3. The van der Waals surface area contributed by atoms with Gasteiger partial charge < -0.3 is 10.5 Å². The minimum Gasteiger partial charge on any atom is -0.303 e. The fourth-order valence-corrected chi connectivity index (χ4v) is 2.83. The van der Waals surface area contributed by atoms with E-state index >= 15 is 0 Å². The Balaban J connectivity index is 2.33. The Bertz CT molecular complexity index is 454. The summed E-state index contributed by atoms with van der Waals surface area (Å²) in [6, 6.07) is 7.93. The highest BCUT2D eigenvalue weighted by molar-refractivity contribution is 9.10. The first-order chi connectivity index (χ1) is 8.46. The van der Waals surface area contributed by atoms with E-state index < -0.39 is 0 Å². The number of likely N-dealkylation sites (N-methyl/N-ethyl adjacent to an activating group) is 1.